The smallest absolute Gasteiger partial charge is 0.255 e. The standard InChI is InChI=1S/C13H19BrN4O/c14-10-8-11(12(15)17-9-10)13(19)16-4-7-18-5-2-1-3-6-18/h8-9H,1-7H2,(H2,15,17)(H,16,19). The summed E-state index contributed by atoms with van der Waals surface area (Å²) in [7, 11) is 0. The van der Waals surface area contributed by atoms with E-state index in [0.717, 1.165) is 24.1 Å². The van der Waals surface area contributed by atoms with Crippen molar-refractivity contribution in [3.63, 3.8) is 0 Å². The highest BCUT2D eigenvalue weighted by Crippen LogP contribution is 2.15. The van der Waals surface area contributed by atoms with Gasteiger partial charge in [-0.15, -0.1) is 0 Å². The summed E-state index contributed by atoms with van der Waals surface area (Å²) in [5, 5.41) is 2.89. The fourth-order valence-electron chi connectivity index (χ4n) is 2.24. The lowest BCUT2D eigenvalue weighted by molar-refractivity contribution is 0.0947. The summed E-state index contributed by atoms with van der Waals surface area (Å²) < 4.78 is 0.753. The summed E-state index contributed by atoms with van der Waals surface area (Å²) in [4.78, 5) is 18.3. The van der Waals surface area contributed by atoms with Gasteiger partial charge >= 0.3 is 0 Å². The topological polar surface area (TPSA) is 71.2 Å². The second-order valence-electron chi connectivity index (χ2n) is 4.74. The van der Waals surface area contributed by atoms with Crippen LogP contribution >= 0.6 is 15.9 Å². The van der Waals surface area contributed by atoms with Gasteiger partial charge in [-0.1, -0.05) is 6.42 Å². The molecule has 2 rings (SSSR count). The summed E-state index contributed by atoms with van der Waals surface area (Å²) in [5.41, 5.74) is 6.13. The SMILES string of the molecule is Nc1ncc(Br)cc1C(=O)NCCN1CCCCC1. The minimum absolute atomic E-state index is 0.164. The molecule has 1 aromatic rings. The van der Waals surface area contributed by atoms with Gasteiger partial charge in [-0.25, -0.2) is 4.98 Å². The first-order chi connectivity index (χ1) is 9.16. The van der Waals surface area contributed by atoms with Gasteiger partial charge in [-0.3, -0.25) is 4.79 Å². The molecule has 0 aliphatic carbocycles. The molecular weight excluding hydrogens is 308 g/mol. The number of halogens is 1. The molecular formula is C13H19BrN4O. The Bertz CT molecular complexity index is 446. The minimum atomic E-state index is -0.164. The number of pyridine rings is 1. The molecule has 0 bridgehead atoms. The van der Waals surface area contributed by atoms with E-state index >= 15 is 0 Å². The average molecular weight is 327 g/mol. The fraction of sp³-hybridized carbons (Fsp3) is 0.538. The van der Waals surface area contributed by atoms with Crippen LogP contribution in [-0.2, 0) is 0 Å². The molecule has 0 aromatic carbocycles. The van der Waals surface area contributed by atoms with Gasteiger partial charge in [0.25, 0.3) is 5.91 Å². The van der Waals surface area contributed by atoms with Gasteiger partial charge in [0.05, 0.1) is 5.56 Å². The van der Waals surface area contributed by atoms with E-state index in [1.807, 2.05) is 0 Å². The Kier molecular flexibility index (Phi) is 5.15. The van der Waals surface area contributed by atoms with Crippen molar-refractivity contribution >= 4 is 27.7 Å². The van der Waals surface area contributed by atoms with Crippen molar-refractivity contribution < 1.29 is 4.79 Å². The number of piperidine rings is 1. The third-order valence-electron chi connectivity index (χ3n) is 3.29. The Balaban J connectivity index is 1.82. The van der Waals surface area contributed by atoms with Gasteiger partial charge in [0.1, 0.15) is 5.82 Å². The maximum absolute atomic E-state index is 12.0. The number of nitrogen functional groups attached to an aromatic ring is 1. The molecule has 104 valence electrons. The highest BCUT2D eigenvalue weighted by atomic mass is 79.9. The van der Waals surface area contributed by atoms with Crippen molar-refractivity contribution in [2.75, 3.05) is 31.9 Å². The molecule has 5 nitrogen and oxygen atoms in total. The lowest BCUT2D eigenvalue weighted by Crippen LogP contribution is -2.37. The monoisotopic (exact) mass is 326 g/mol. The van der Waals surface area contributed by atoms with E-state index in [1.165, 1.54) is 19.3 Å². The van der Waals surface area contributed by atoms with Crippen molar-refractivity contribution in [1.82, 2.24) is 15.2 Å². The van der Waals surface area contributed by atoms with E-state index in [-0.39, 0.29) is 11.7 Å². The molecule has 0 unspecified atom stereocenters. The zero-order chi connectivity index (χ0) is 13.7. The number of aromatic nitrogens is 1. The molecule has 2 heterocycles. The summed E-state index contributed by atoms with van der Waals surface area (Å²) >= 11 is 3.29. The number of carbonyl (C=O) groups is 1. The molecule has 1 amide bonds. The number of likely N-dealkylation sites (tertiary alicyclic amines) is 1. The highest BCUT2D eigenvalue weighted by Gasteiger charge is 2.13. The molecule has 6 heteroatoms. The van der Waals surface area contributed by atoms with Crippen molar-refractivity contribution in [2.24, 2.45) is 0 Å². The first-order valence-corrected chi connectivity index (χ1v) is 7.37. The first kappa shape index (κ1) is 14.3. The van der Waals surface area contributed by atoms with Crippen molar-refractivity contribution in [3.05, 3.63) is 22.3 Å². The number of nitrogens with two attached hydrogens (primary N) is 1. The van der Waals surface area contributed by atoms with Crippen LogP contribution in [0.3, 0.4) is 0 Å². The van der Waals surface area contributed by atoms with Gasteiger partial charge in [0, 0.05) is 23.8 Å². The van der Waals surface area contributed by atoms with E-state index in [1.54, 1.807) is 12.3 Å². The average Bonchev–Trinajstić information content (AvgIpc) is 2.42. The predicted octanol–water partition coefficient (Wildman–Crippen LogP) is 1.64. The van der Waals surface area contributed by atoms with Gasteiger partial charge in [-0.2, -0.15) is 0 Å². The van der Waals surface area contributed by atoms with Gasteiger partial charge in [0.2, 0.25) is 0 Å². The molecule has 3 N–H and O–H groups in total. The van der Waals surface area contributed by atoms with Crippen LogP contribution in [0, 0.1) is 0 Å². The quantitative estimate of drug-likeness (QED) is 0.882. The number of nitrogens with zero attached hydrogens (tertiary/aromatic N) is 2. The second kappa shape index (κ2) is 6.86. The Labute approximate surface area is 121 Å². The van der Waals surface area contributed by atoms with Crippen LogP contribution in [0.4, 0.5) is 5.82 Å². The molecule has 1 fully saturated rings. The Morgan fingerprint density at radius 2 is 2.16 bits per heavy atom. The summed E-state index contributed by atoms with van der Waals surface area (Å²) in [6.45, 7) is 3.81. The van der Waals surface area contributed by atoms with E-state index in [0.29, 0.717) is 12.1 Å². The van der Waals surface area contributed by atoms with Crippen molar-refractivity contribution in [2.45, 2.75) is 19.3 Å². The summed E-state index contributed by atoms with van der Waals surface area (Å²) in [6.07, 6.45) is 5.43. The summed E-state index contributed by atoms with van der Waals surface area (Å²) in [6, 6.07) is 1.69. The number of anilines is 1. The van der Waals surface area contributed by atoms with Crippen LogP contribution in [0.1, 0.15) is 29.6 Å². The van der Waals surface area contributed by atoms with Crippen molar-refractivity contribution in [1.29, 1.82) is 0 Å². The molecule has 0 atom stereocenters. The molecule has 19 heavy (non-hydrogen) atoms. The third kappa shape index (κ3) is 4.18. The van der Waals surface area contributed by atoms with E-state index < -0.39 is 0 Å². The maximum atomic E-state index is 12.0. The van der Waals surface area contributed by atoms with E-state index in [2.05, 4.69) is 31.1 Å². The molecule has 1 aliphatic heterocycles. The number of hydrogen-bond donors (Lipinski definition) is 2. The number of rotatable bonds is 4. The van der Waals surface area contributed by atoms with Gasteiger partial charge in [-0.05, 0) is 47.9 Å². The predicted molar refractivity (Wildman–Crippen MR) is 79.0 cm³/mol. The van der Waals surface area contributed by atoms with Gasteiger partial charge < -0.3 is 16.0 Å². The molecule has 1 aromatic heterocycles. The Hall–Kier alpha value is -1.14. The minimum Gasteiger partial charge on any atom is -0.383 e. The molecule has 0 spiro atoms. The maximum Gasteiger partial charge on any atom is 0.255 e. The molecule has 0 radical (unpaired) electrons. The molecule has 0 saturated carbocycles. The van der Waals surface area contributed by atoms with E-state index in [4.69, 9.17) is 5.73 Å². The number of hydrogen-bond acceptors (Lipinski definition) is 4. The van der Waals surface area contributed by atoms with Crippen LogP contribution in [0.25, 0.3) is 0 Å². The normalized spacial score (nSPS) is 16.3. The van der Waals surface area contributed by atoms with E-state index in [9.17, 15) is 4.79 Å². The fourth-order valence-corrected chi connectivity index (χ4v) is 2.57. The molecule has 1 aliphatic rings. The third-order valence-corrected chi connectivity index (χ3v) is 3.73. The van der Waals surface area contributed by atoms with Crippen LogP contribution in [-0.4, -0.2) is 42.0 Å². The second-order valence-corrected chi connectivity index (χ2v) is 5.66. The zero-order valence-electron chi connectivity index (χ0n) is 10.9. The number of nitrogens with one attached hydrogen (secondary N) is 1. The Morgan fingerprint density at radius 3 is 2.89 bits per heavy atom. The lowest BCUT2D eigenvalue weighted by Gasteiger charge is -2.26. The van der Waals surface area contributed by atoms with Crippen molar-refractivity contribution in [3.8, 4) is 0 Å². The summed E-state index contributed by atoms with van der Waals surface area (Å²) in [5.74, 6) is 0.0991. The number of carbonyl (C=O) groups excluding carboxylic acids is 1. The van der Waals surface area contributed by atoms with Crippen LogP contribution in [0.2, 0.25) is 0 Å². The highest BCUT2D eigenvalue weighted by molar-refractivity contribution is 9.10. The number of amides is 1. The molecule has 1 saturated heterocycles. The Morgan fingerprint density at radius 1 is 1.42 bits per heavy atom. The van der Waals surface area contributed by atoms with Crippen LogP contribution in [0.5, 0.6) is 0 Å². The lowest BCUT2D eigenvalue weighted by atomic mass is 10.1. The van der Waals surface area contributed by atoms with Crippen LogP contribution < -0.4 is 11.1 Å². The first-order valence-electron chi connectivity index (χ1n) is 6.58. The van der Waals surface area contributed by atoms with Crippen LogP contribution in [0.15, 0.2) is 16.7 Å². The zero-order valence-corrected chi connectivity index (χ0v) is 12.4. The van der Waals surface area contributed by atoms with Gasteiger partial charge in [0.15, 0.2) is 0 Å². The largest absolute Gasteiger partial charge is 0.383 e.